The zero-order chi connectivity index (χ0) is 14.7. The summed E-state index contributed by atoms with van der Waals surface area (Å²) in [6.07, 6.45) is 0. The number of hydrogen-bond acceptors (Lipinski definition) is 4. The van der Waals surface area contributed by atoms with E-state index in [1.54, 1.807) is 6.07 Å². The molecule has 0 saturated carbocycles. The van der Waals surface area contributed by atoms with Gasteiger partial charge in [-0.15, -0.1) is 10.2 Å². The highest BCUT2D eigenvalue weighted by Gasteiger charge is 2.11. The van der Waals surface area contributed by atoms with Crippen molar-refractivity contribution in [3.8, 4) is 11.5 Å². The quantitative estimate of drug-likeness (QED) is 0.725. The zero-order valence-electron chi connectivity index (χ0n) is 10.9. The van der Waals surface area contributed by atoms with E-state index in [1.165, 1.54) is 0 Å². The Morgan fingerprint density at radius 1 is 1.05 bits per heavy atom. The van der Waals surface area contributed by atoms with E-state index in [-0.39, 0.29) is 0 Å². The molecule has 0 fully saturated rings. The number of anilines is 1. The van der Waals surface area contributed by atoms with Crippen molar-refractivity contribution in [3.05, 3.63) is 63.9 Å². The van der Waals surface area contributed by atoms with Gasteiger partial charge in [-0.25, -0.2) is 0 Å². The summed E-state index contributed by atoms with van der Waals surface area (Å²) in [7, 11) is 0. The van der Waals surface area contributed by atoms with Gasteiger partial charge in [0.25, 0.3) is 0 Å². The second-order valence-corrected chi connectivity index (χ2v) is 5.58. The van der Waals surface area contributed by atoms with Gasteiger partial charge in [-0.1, -0.05) is 35.9 Å². The molecule has 0 aliphatic heterocycles. The van der Waals surface area contributed by atoms with Crippen LogP contribution in [0.2, 0.25) is 5.02 Å². The molecule has 0 bridgehead atoms. The van der Waals surface area contributed by atoms with Gasteiger partial charge in [0.05, 0.1) is 17.1 Å². The number of nitrogens with one attached hydrogen (secondary N) is 1. The fraction of sp³-hybridized carbons (Fsp3) is 0.0667. The summed E-state index contributed by atoms with van der Waals surface area (Å²) < 4.78 is 6.61. The molecular formula is C15H11BrClN3O. The van der Waals surface area contributed by atoms with Crippen LogP contribution >= 0.6 is 27.5 Å². The molecular weight excluding hydrogens is 354 g/mol. The average Bonchev–Trinajstić information content (AvgIpc) is 2.96. The largest absolute Gasteiger partial charge is 0.419 e. The Morgan fingerprint density at radius 3 is 2.62 bits per heavy atom. The molecule has 2 aromatic carbocycles. The Labute approximate surface area is 135 Å². The third kappa shape index (κ3) is 3.25. The number of benzene rings is 2. The minimum atomic E-state index is 0.421. The molecule has 1 heterocycles. The van der Waals surface area contributed by atoms with Crippen molar-refractivity contribution in [2.45, 2.75) is 6.54 Å². The summed E-state index contributed by atoms with van der Waals surface area (Å²) in [4.78, 5) is 0. The topological polar surface area (TPSA) is 51.0 Å². The van der Waals surface area contributed by atoms with E-state index in [9.17, 15) is 0 Å². The highest BCUT2D eigenvalue weighted by atomic mass is 79.9. The van der Waals surface area contributed by atoms with Crippen LogP contribution in [-0.2, 0) is 6.54 Å². The van der Waals surface area contributed by atoms with Crippen LogP contribution in [0.5, 0.6) is 0 Å². The summed E-state index contributed by atoms with van der Waals surface area (Å²) in [6.45, 7) is 0.445. The van der Waals surface area contributed by atoms with E-state index in [0.717, 1.165) is 15.7 Å². The van der Waals surface area contributed by atoms with Gasteiger partial charge < -0.3 is 9.73 Å². The maximum atomic E-state index is 6.11. The van der Waals surface area contributed by atoms with E-state index in [4.69, 9.17) is 16.0 Å². The Kier molecular flexibility index (Phi) is 4.22. The lowest BCUT2D eigenvalue weighted by atomic mass is 10.2. The predicted octanol–water partition coefficient (Wildman–Crippen LogP) is 4.76. The molecule has 0 spiro atoms. The van der Waals surface area contributed by atoms with Gasteiger partial charge in [0.1, 0.15) is 0 Å². The van der Waals surface area contributed by atoms with Gasteiger partial charge in [-0.3, -0.25) is 0 Å². The summed E-state index contributed by atoms with van der Waals surface area (Å²) in [5, 5.41) is 11.9. The van der Waals surface area contributed by atoms with Crippen molar-refractivity contribution in [1.82, 2.24) is 10.2 Å². The SMILES string of the molecule is Clc1ccccc1-c1nnc(CNc2ccccc2Br)o1. The van der Waals surface area contributed by atoms with Crippen LogP contribution in [0, 0.1) is 0 Å². The Bertz CT molecular complexity index is 760. The fourth-order valence-corrected chi connectivity index (χ4v) is 2.49. The summed E-state index contributed by atoms with van der Waals surface area (Å²) >= 11 is 9.59. The van der Waals surface area contributed by atoms with E-state index in [0.29, 0.717) is 23.3 Å². The molecule has 1 N–H and O–H groups in total. The van der Waals surface area contributed by atoms with Crippen LogP contribution in [0.3, 0.4) is 0 Å². The Balaban J connectivity index is 1.74. The van der Waals surface area contributed by atoms with Crippen LogP contribution in [0.15, 0.2) is 57.4 Å². The molecule has 21 heavy (non-hydrogen) atoms. The number of hydrogen-bond donors (Lipinski definition) is 1. The zero-order valence-corrected chi connectivity index (χ0v) is 13.2. The first-order chi connectivity index (χ1) is 10.2. The first kappa shape index (κ1) is 14.1. The maximum Gasteiger partial charge on any atom is 0.249 e. The number of para-hydroxylation sites is 1. The van der Waals surface area contributed by atoms with Gasteiger partial charge in [0.2, 0.25) is 11.8 Å². The molecule has 0 aliphatic rings. The summed E-state index contributed by atoms with van der Waals surface area (Å²) in [5.74, 6) is 0.921. The smallest absolute Gasteiger partial charge is 0.249 e. The number of aromatic nitrogens is 2. The van der Waals surface area contributed by atoms with Crippen LogP contribution in [0.25, 0.3) is 11.5 Å². The number of rotatable bonds is 4. The Morgan fingerprint density at radius 2 is 1.81 bits per heavy atom. The predicted molar refractivity (Wildman–Crippen MR) is 86.2 cm³/mol. The molecule has 3 rings (SSSR count). The van der Waals surface area contributed by atoms with Gasteiger partial charge in [-0.2, -0.15) is 0 Å². The van der Waals surface area contributed by atoms with Crippen molar-refractivity contribution in [3.63, 3.8) is 0 Å². The molecule has 0 aliphatic carbocycles. The lowest BCUT2D eigenvalue weighted by Gasteiger charge is -2.05. The minimum Gasteiger partial charge on any atom is -0.419 e. The van der Waals surface area contributed by atoms with Crippen LogP contribution in [0.4, 0.5) is 5.69 Å². The third-order valence-electron chi connectivity index (χ3n) is 2.88. The number of halogens is 2. The molecule has 1 aromatic heterocycles. The van der Waals surface area contributed by atoms with Crippen molar-refractivity contribution < 1.29 is 4.42 Å². The lowest BCUT2D eigenvalue weighted by Crippen LogP contribution is -2.00. The normalized spacial score (nSPS) is 10.6. The van der Waals surface area contributed by atoms with Crippen molar-refractivity contribution in [2.24, 2.45) is 0 Å². The molecule has 3 aromatic rings. The van der Waals surface area contributed by atoms with Gasteiger partial charge in [0, 0.05) is 10.2 Å². The lowest BCUT2D eigenvalue weighted by molar-refractivity contribution is 0.515. The highest BCUT2D eigenvalue weighted by molar-refractivity contribution is 9.10. The molecule has 0 atom stereocenters. The van der Waals surface area contributed by atoms with E-state index in [2.05, 4.69) is 31.4 Å². The first-order valence-electron chi connectivity index (χ1n) is 6.30. The summed E-state index contributed by atoms with van der Waals surface area (Å²) in [5.41, 5.74) is 1.70. The van der Waals surface area contributed by atoms with Crippen molar-refractivity contribution in [2.75, 3.05) is 5.32 Å². The van der Waals surface area contributed by atoms with Gasteiger partial charge in [-0.05, 0) is 40.2 Å². The van der Waals surface area contributed by atoms with Gasteiger partial charge in [0.15, 0.2) is 0 Å². The second kappa shape index (κ2) is 6.28. The molecule has 106 valence electrons. The van der Waals surface area contributed by atoms with Crippen LogP contribution in [-0.4, -0.2) is 10.2 Å². The fourth-order valence-electron chi connectivity index (χ4n) is 1.84. The highest BCUT2D eigenvalue weighted by Crippen LogP contribution is 2.27. The van der Waals surface area contributed by atoms with Crippen LogP contribution in [0.1, 0.15) is 5.89 Å². The number of nitrogens with zero attached hydrogens (tertiary/aromatic N) is 2. The molecule has 0 unspecified atom stereocenters. The van der Waals surface area contributed by atoms with Crippen molar-refractivity contribution in [1.29, 1.82) is 0 Å². The Hall–Kier alpha value is -1.85. The standard InChI is InChI=1S/C15H11BrClN3O/c16-11-6-2-4-8-13(11)18-9-14-19-20-15(21-14)10-5-1-3-7-12(10)17/h1-8,18H,9H2. The van der Waals surface area contributed by atoms with E-state index >= 15 is 0 Å². The molecule has 4 nitrogen and oxygen atoms in total. The maximum absolute atomic E-state index is 6.11. The third-order valence-corrected chi connectivity index (χ3v) is 3.90. The minimum absolute atomic E-state index is 0.421. The van der Waals surface area contributed by atoms with Crippen LogP contribution < -0.4 is 5.32 Å². The second-order valence-electron chi connectivity index (χ2n) is 4.31. The summed E-state index contributed by atoms with van der Waals surface area (Å²) in [6, 6.07) is 15.2. The first-order valence-corrected chi connectivity index (χ1v) is 7.47. The molecule has 0 radical (unpaired) electrons. The van der Waals surface area contributed by atoms with Crippen molar-refractivity contribution >= 4 is 33.2 Å². The molecule has 0 amide bonds. The average molecular weight is 365 g/mol. The van der Waals surface area contributed by atoms with E-state index in [1.807, 2.05) is 42.5 Å². The van der Waals surface area contributed by atoms with E-state index < -0.39 is 0 Å². The molecule has 6 heteroatoms. The monoisotopic (exact) mass is 363 g/mol. The molecule has 0 saturated heterocycles. The van der Waals surface area contributed by atoms with Gasteiger partial charge >= 0.3 is 0 Å².